The Hall–Kier alpha value is -3.23. The van der Waals surface area contributed by atoms with E-state index in [0.717, 1.165) is 12.8 Å². The fraction of sp³-hybridized carbons (Fsp3) is 0.353. The molecule has 2 N–H and O–H groups in total. The Kier molecular flexibility index (Phi) is 3.90. The van der Waals surface area contributed by atoms with E-state index in [9.17, 15) is 19.7 Å². The molecule has 9 heteroatoms. The Labute approximate surface area is 148 Å². The van der Waals surface area contributed by atoms with Crippen LogP contribution >= 0.6 is 0 Å². The summed E-state index contributed by atoms with van der Waals surface area (Å²) in [6, 6.07) is 6.01. The summed E-state index contributed by atoms with van der Waals surface area (Å²) in [6.45, 7) is 0.334. The summed E-state index contributed by atoms with van der Waals surface area (Å²) >= 11 is 0. The smallest absolute Gasteiger partial charge is 0.269 e. The Morgan fingerprint density at radius 3 is 2.73 bits per heavy atom. The zero-order valence-electron chi connectivity index (χ0n) is 13.8. The number of imidazole rings is 1. The van der Waals surface area contributed by atoms with E-state index in [1.807, 2.05) is 0 Å². The third-order valence-corrected chi connectivity index (χ3v) is 4.59. The normalized spacial score (nSPS) is 18.8. The first-order valence-corrected chi connectivity index (χ1v) is 8.42. The lowest BCUT2D eigenvalue weighted by Crippen LogP contribution is -2.41. The van der Waals surface area contributed by atoms with Gasteiger partial charge in [0.25, 0.3) is 11.6 Å². The number of carbonyl (C=O) groups is 2. The monoisotopic (exact) mass is 355 g/mol. The molecule has 1 saturated carbocycles. The number of hydrogen-bond donors (Lipinski definition) is 2. The van der Waals surface area contributed by atoms with Crippen LogP contribution in [0.25, 0.3) is 11.4 Å². The number of amides is 2. The number of fused-ring (bicyclic) bond motifs is 1. The number of non-ortho nitro benzene ring substituents is 1. The van der Waals surface area contributed by atoms with Crippen molar-refractivity contribution in [3.63, 3.8) is 0 Å². The van der Waals surface area contributed by atoms with E-state index in [1.54, 1.807) is 16.7 Å². The Morgan fingerprint density at radius 2 is 2.08 bits per heavy atom. The van der Waals surface area contributed by atoms with Gasteiger partial charge in [-0.1, -0.05) is 0 Å². The molecule has 1 aliphatic carbocycles. The van der Waals surface area contributed by atoms with Gasteiger partial charge in [0.2, 0.25) is 5.91 Å². The molecule has 2 amide bonds. The van der Waals surface area contributed by atoms with Crippen LogP contribution < -0.4 is 10.6 Å². The molecule has 0 radical (unpaired) electrons. The third-order valence-electron chi connectivity index (χ3n) is 4.59. The van der Waals surface area contributed by atoms with E-state index >= 15 is 0 Å². The molecular weight excluding hydrogens is 338 g/mol. The van der Waals surface area contributed by atoms with Gasteiger partial charge >= 0.3 is 0 Å². The number of nitrogens with one attached hydrogen (secondary N) is 2. The predicted octanol–water partition coefficient (Wildman–Crippen LogP) is 1.41. The van der Waals surface area contributed by atoms with E-state index in [4.69, 9.17) is 0 Å². The summed E-state index contributed by atoms with van der Waals surface area (Å²) in [6.07, 6.45) is 3.73. The molecular formula is C17H17N5O4. The minimum atomic E-state index is -0.469. The number of benzene rings is 1. The van der Waals surface area contributed by atoms with Gasteiger partial charge in [-0.15, -0.1) is 0 Å². The number of hydrogen-bond acceptors (Lipinski definition) is 5. The standard InChI is InChI=1S/C17H17N5O4/c23-15(20-11-3-4-11)7-13-8-19-17(24)14-9-18-16(21(13)14)10-1-5-12(6-2-10)22(25)26/h1-2,5-6,9,11,13H,3-4,7-8H2,(H,19,24)(H,20,23). The molecule has 2 aliphatic rings. The molecule has 2 heterocycles. The SMILES string of the molecule is O=C(CC1CNC(=O)c2cnc(-c3ccc([N+](=O)[O-])cc3)n21)NC1CC1. The minimum absolute atomic E-state index is 0.0164. The molecule has 2 aromatic rings. The molecule has 1 aromatic heterocycles. The van der Waals surface area contributed by atoms with Gasteiger partial charge in [-0.2, -0.15) is 0 Å². The lowest BCUT2D eigenvalue weighted by atomic mass is 10.1. The number of nitrogens with zero attached hydrogens (tertiary/aromatic N) is 3. The van der Waals surface area contributed by atoms with Crippen LogP contribution in [0.1, 0.15) is 35.8 Å². The Bertz CT molecular complexity index is 885. The van der Waals surface area contributed by atoms with Crippen molar-refractivity contribution >= 4 is 17.5 Å². The highest BCUT2D eigenvalue weighted by atomic mass is 16.6. The molecule has 1 atom stereocenters. The number of rotatable bonds is 5. The minimum Gasteiger partial charge on any atom is -0.353 e. The van der Waals surface area contributed by atoms with Crippen molar-refractivity contribution < 1.29 is 14.5 Å². The van der Waals surface area contributed by atoms with Crippen LogP contribution in [0.2, 0.25) is 0 Å². The first-order chi connectivity index (χ1) is 12.5. The molecule has 0 spiro atoms. The molecule has 1 unspecified atom stereocenters. The molecule has 0 saturated heterocycles. The van der Waals surface area contributed by atoms with Gasteiger partial charge in [-0.05, 0) is 25.0 Å². The summed E-state index contributed by atoms with van der Waals surface area (Å²) in [5, 5.41) is 16.6. The maximum absolute atomic E-state index is 12.2. The summed E-state index contributed by atoms with van der Waals surface area (Å²) in [7, 11) is 0. The van der Waals surface area contributed by atoms with Crippen molar-refractivity contribution in [3.05, 3.63) is 46.3 Å². The molecule has 0 bridgehead atoms. The fourth-order valence-electron chi connectivity index (χ4n) is 3.13. The van der Waals surface area contributed by atoms with Gasteiger partial charge in [-0.25, -0.2) is 4.98 Å². The number of nitro groups is 1. The van der Waals surface area contributed by atoms with Crippen molar-refractivity contribution in [2.45, 2.75) is 31.3 Å². The fourth-order valence-corrected chi connectivity index (χ4v) is 3.13. The van der Waals surface area contributed by atoms with E-state index in [-0.39, 0.29) is 36.0 Å². The largest absolute Gasteiger partial charge is 0.353 e. The highest BCUT2D eigenvalue weighted by Crippen LogP contribution is 2.29. The Balaban J connectivity index is 1.65. The topological polar surface area (TPSA) is 119 Å². The average Bonchev–Trinajstić information content (AvgIpc) is 3.31. The van der Waals surface area contributed by atoms with Crippen molar-refractivity contribution in [2.24, 2.45) is 0 Å². The van der Waals surface area contributed by atoms with Crippen LogP contribution in [0.15, 0.2) is 30.5 Å². The maximum atomic E-state index is 12.2. The Morgan fingerprint density at radius 1 is 1.35 bits per heavy atom. The molecule has 4 rings (SSSR count). The second-order valence-corrected chi connectivity index (χ2v) is 6.55. The second-order valence-electron chi connectivity index (χ2n) is 6.55. The van der Waals surface area contributed by atoms with Crippen LogP contribution in [-0.2, 0) is 4.79 Å². The predicted molar refractivity (Wildman–Crippen MR) is 91.5 cm³/mol. The van der Waals surface area contributed by atoms with Crippen molar-refractivity contribution in [3.8, 4) is 11.4 Å². The first kappa shape index (κ1) is 16.2. The van der Waals surface area contributed by atoms with Crippen LogP contribution in [0.4, 0.5) is 5.69 Å². The van der Waals surface area contributed by atoms with Crippen LogP contribution in [0.3, 0.4) is 0 Å². The summed E-state index contributed by atoms with van der Waals surface area (Å²) < 4.78 is 1.76. The lowest BCUT2D eigenvalue weighted by Gasteiger charge is -2.27. The lowest BCUT2D eigenvalue weighted by molar-refractivity contribution is -0.384. The van der Waals surface area contributed by atoms with E-state index < -0.39 is 4.92 Å². The molecule has 9 nitrogen and oxygen atoms in total. The van der Waals surface area contributed by atoms with Crippen LogP contribution in [0, 0.1) is 10.1 Å². The number of nitro benzene ring substituents is 1. The molecule has 1 aromatic carbocycles. The van der Waals surface area contributed by atoms with Gasteiger partial charge in [0.15, 0.2) is 0 Å². The zero-order valence-corrected chi connectivity index (χ0v) is 13.8. The van der Waals surface area contributed by atoms with Gasteiger partial charge in [0, 0.05) is 36.7 Å². The van der Waals surface area contributed by atoms with Gasteiger partial charge < -0.3 is 15.2 Å². The molecule has 1 aliphatic heterocycles. The highest BCUT2D eigenvalue weighted by Gasteiger charge is 2.31. The molecule has 26 heavy (non-hydrogen) atoms. The van der Waals surface area contributed by atoms with Crippen LogP contribution in [-0.4, -0.2) is 38.9 Å². The number of carbonyl (C=O) groups excluding carboxylic acids is 2. The summed E-state index contributed by atoms with van der Waals surface area (Å²) in [5.74, 6) is 0.224. The summed E-state index contributed by atoms with van der Waals surface area (Å²) in [4.78, 5) is 39.0. The van der Waals surface area contributed by atoms with Crippen molar-refractivity contribution in [1.29, 1.82) is 0 Å². The second kappa shape index (κ2) is 6.25. The van der Waals surface area contributed by atoms with E-state index in [2.05, 4.69) is 15.6 Å². The van der Waals surface area contributed by atoms with Gasteiger partial charge in [0.1, 0.15) is 11.5 Å². The molecule has 134 valence electrons. The summed E-state index contributed by atoms with van der Waals surface area (Å²) in [5.41, 5.74) is 1.02. The first-order valence-electron chi connectivity index (χ1n) is 8.42. The quantitative estimate of drug-likeness (QED) is 0.621. The van der Waals surface area contributed by atoms with E-state index in [1.165, 1.54) is 18.3 Å². The van der Waals surface area contributed by atoms with Gasteiger partial charge in [0.05, 0.1) is 17.2 Å². The van der Waals surface area contributed by atoms with Crippen LogP contribution in [0.5, 0.6) is 0 Å². The number of aromatic nitrogens is 2. The highest BCUT2D eigenvalue weighted by molar-refractivity contribution is 5.94. The maximum Gasteiger partial charge on any atom is 0.269 e. The molecule has 1 fully saturated rings. The van der Waals surface area contributed by atoms with Crippen molar-refractivity contribution in [1.82, 2.24) is 20.2 Å². The van der Waals surface area contributed by atoms with E-state index in [0.29, 0.717) is 23.6 Å². The van der Waals surface area contributed by atoms with Crippen molar-refractivity contribution in [2.75, 3.05) is 6.54 Å². The zero-order chi connectivity index (χ0) is 18.3. The third kappa shape index (κ3) is 3.03. The van der Waals surface area contributed by atoms with Gasteiger partial charge in [-0.3, -0.25) is 19.7 Å². The average molecular weight is 355 g/mol.